The van der Waals surface area contributed by atoms with Gasteiger partial charge < -0.3 is 4.90 Å². The molecule has 0 N–H and O–H groups in total. The fourth-order valence-corrected chi connectivity index (χ4v) is 7.06. The van der Waals surface area contributed by atoms with Crippen molar-refractivity contribution in [3.63, 3.8) is 0 Å². The minimum Gasteiger partial charge on any atom is -0.310 e. The Labute approximate surface area is 259 Å². The van der Waals surface area contributed by atoms with Crippen molar-refractivity contribution in [3.8, 4) is 33.4 Å². The third-order valence-electron chi connectivity index (χ3n) is 9.24. The molecular weight excluding hydrogens is 530 g/mol. The molecule has 0 spiro atoms. The molecule has 0 amide bonds. The summed E-state index contributed by atoms with van der Waals surface area (Å²) >= 11 is 0. The van der Waals surface area contributed by atoms with E-state index in [1.54, 1.807) is 0 Å². The molecule has 1 nitrogen and oxygen atoms in total. The van der Waals surface area contributed by atoms with Crippen molar-refractivity contribution in [2.45, 2.75) is 19.3 Å². The molecule has 210 valence electrons. The van der Waals surface area contributed by atoms with E-state index < -0.39 is 0 Å². The van der Waals surface area contributed by atoms with Crippen LogP contribution in [0.25, 0.3) is 44.2 Å². The normalized spacial score (nSPS) is 13.0. The minimum atomic E-state index is -0.0139. The lowest BCUT2D eigenvalue weighted by atomic mass is 9.82. The van der Waals surface area contributed by atoms with Crippen molar-refractivity contribution in [2.24, 2.45) is 0 Å². The molecule has 7 aromatic rings. The van der Waals surface area contributed by atoms with E-state index in [1.807, 2.05) is 0 Å². The summed E-state index contributed by atoms with van der Waals surface area (Å²) in [6.45, 7) is 4.69. The van der Waals surface area contributed by atoms with Crippen molar-refractivity contribution in [1.29, 1.82) is 0 Å². The number of fused-ring (bicyclic) bond motifs is 4. The average Bonchev–Trinajstić information content (AvgIpc) is 3.30. The van der Waals surface area contributed by atoms with Crippen LogP contribution < -0.4 is 4.90 Å². The second-order valence-electron chi connectivity index (χ2n) is 12.2. The van der Waals surface area contributed by atoms with Gasteiger partial charge in [0.25, 0.3) is 0 Å². The van der Waals surface area contributed by atoms with Crippen LogP contribution in [0.4, 0.5) is 17.1 Å². The maximum absolute atomic E-state index is 2.41. The molecule has 0 radical (unpaired) electrons. The Balaban J connectivity index is 1.33. The van der Waals surface area contributed by atoms with Gasteiger partial charge in [0.05, 0.1) is 5.69 Å². The molecule has 0 bridgehead atoms. The molecule has 0 saturated heterocycles. The fraction of sp³-hybridized carbons (Fsp3) is 0.0698. The molecule has 0 aromatic heterocycles. The van der Waals surface area contributed by atoms with Crippen LogP contribution in [0.5, 0.6) is 0 Å². The zero-order valence-corrected chi connectivity index (χ0v) is 25.0. The molecule has 1 heteroatoms. The summed E-state index contributed by atoms with van der Waals surface area (Å²) in [5.41, 5.74) is 13.8. The predicted octanol–water partition coefficient (Wildman–Crippen LogP) is 11.9. The first-order chi connectivity index (χ1) is 21.6. The van der Waals surface area contributed by atoms with Gasteiger partial charge in [0.15, 0.2) is 0 Å². The SMILES string of the molecule is CC1(C)c2ccccc2-c2cc3cc(N(c4ccccc4)c4ccccc4-c4ccccc4-c4ccccc4)ccc3cc21. The van der Waals surface area contributed by atoms with Gasteiger partial charge >= 0.3 is 0 Å². The summed E-state index contributed by atoms with van der Waals surface area (Å²) in [7, 11) is 0. The first kappa shape index (κ1) is 26.2. The predicted molar refractivity (Wildman–Crippen MR) is 187 cm³/mol. The third kappa shape index (κ3) is 4.24. The Hall–Kier alpha value is -5.40. The van der Waals surface area contributed by atoms with Gasteiger partial charge in [-0.05, 0) is 92.2 Å². The van der Waals surface area contributed by atoms with Crippen LogP contribution in [0.15, 0.2) is 164 Å². The smallest absolute Gasteiger partial charge is 0.0540 e. The molecule has 0 aliphatic heterocycles. The number of nitrogens with zero attached hydrogens (tertiary/aromatic N) is 1. The lowest BCUT2D eigenvalue weighted by Crippen LogP contribution is -2.14. The lowest BCUT2D eigenvalue weighted by Gasteiger charge is -2.29. The molecule has 44 heavy (non-hydrogen) atoms. The maximum atomic E-state index is 2.41. The monoisotopic (exact) mass is 563 g/mol. The first-order valence-corrected chi connectivity index (χ1v) is 15.4. The Kier molecular flexibility index (Phi) is 6.20. The van der Waals surface area contributed by atoms with Crippen LogP contribution in [-0.2, 0) is 5.41 Å². The Morgan fingerprint density at radius 3 is 1.77 bits per heavy atom. The number of benzene rings is 7. The quantitative estimate of drug-likeness (QED) is 0.201. The number of hydrogen-bond acceptors (Lipinski definition) is 1. The highest BCUT2D eigenvalue weighted by molar-refractivity contribution is 5.98. The van der Waals surface area contributed by atoms with E-state index in [4.69, 9.17) is 0 Å². The largest absolute Gasteiger partial charge is 0.310 e. The first-order valence-electron chi connectivity index (χ1n) is 15.4. The third-order valence-corrected chi connectivity index (χ3v) is 9.24. The molecule has 8 rings (SSSR count). The molecule has 0 saturated carbocycles. The fourth-order valence-electron chi connectivity index (χ4n) is 7.06. The van der Waals surface area contributed by atoms with E-state index in [-0.39, 0.29) is 5.41 Å². The van der Waals surface area contributed by atoms with Crippen LogP contribution >= 0.6 is 0 Å². The van der Waals surface area contributed by atoms with Crippen molar-refractivity contribution in [3.05, 3.63) is 175 Å². The average molecular weight is 564 g/mol. The highest BCUT2D eigenvalue weighted by atomic mass is 15.1. The molecule has 7 aromatic carbocycles. The number of para-hydroxylation sites is 2. The highest BCUT2D eigenvalue weighted by Gasteiger charge is 2.35. The van der Waals surface area contributed by atoms with Crippen LogP contribution in [0.3, 0.4) is 0 Å². The van der Waals surface area contributed by atoms with Gasteiger partial charge in [0.2, 0.25) is 0 Å². The molecule has 0 heterocycles. The molecular formula is C43H33N. The minimum absolute atomic E-state index is 0.0139. The van der Waals surface area contributed by atoms with Crippen LogP contribution in [0.1, 0.15) is 25.0 Å². The van der Waals surface area contributed by atoms with E-state index in [0.717, 1.165) is 17.1 Å². The van der Waals surface area contributed by atoms with Gasteiger partial charge in [0, 0.05) is 22.4 Å². The molecule has 0 atom stereocenters. The lowest BCUT2D eigenvalue weighted by molar-refractivity contribution is 0.661. The Morgan fingerprint density at radius 2 is 1.00 bits per heavy atom. The maximum Gasteiger partial charge on any atom is 0.0540 e. The van der Waals surface area contributed by atoms with Gasteiger partial charge in [-0.15, -0.1) is 0 Å². The van der Waals surface area contributed by atoms with Gasteiger partial charge in [-0.1, -0.05) is 135 Å². The zero-order chi connectivity index (χ0) is 29.7. The molecule has 0 unspecified atom stereocenters. The van der Waals surface area contributed by atoms with Crippen LogP contribution in [0.2, 0.25) is 0 Å². The summed E-state index contributed by atoms with van der Waals surface area (Å²) in [4.78, 5) is 2.40. The van der Waals surface area contributed by atoms with E-state index in [0.29, 0.717) is 0 Å². The Bertz CT molecular complexity index is 2140. The summed E-state index contributed by atoms with van der Waals surface area (Å²) in [5, 5.41) is 2.51. The highest BCUT2D eigenvalue weighted by Crippen LogP contribution is 2.50. The number of hydrogen-bond donors (Lipinski definition) is 0. The summed E-state index contributed by atoms with van der Waals surface area (Å²) in [5.74, 6) is 0. The number of rotatable bonds is 5. The van der Waals surface area contributed by atoms with E-state index in [1.165, 1.54) is 55.3 Å². The van der Waals surface area contributed by atoms with E-state index in [2.05, 4.69) is 183 Å². The van der Waals surface area contributed by atoms with Crippen molar-refractivity contribution >= 4 is 27.8 Å². The van der Waals surface area contributed by atoms with E-state index in [9.17, 15) is 0 Å². The zero-order valence-electron chi connectivity index (χ0n) is 25.0. The second kappa shape index (κ2) is 10.4. The van der Waals surface area contributed by atoms with Gasteiger partial charge in [-0.3, -0.25) is 0 Å². The van der Waals surface area contributed by atoms with Crippen molar-refractivity contribution in [2.75, 3.05) is 4.90 Å². The van der Waals surface area contributed by atoms with Crippen molar-refractivity contribution in [1.82, 2.24) is 0 Å². The summed E-state index contributed by atoms with van der Waals surface area (Å²) < 4.78 is 0. The second-order valence-corrected chi connectivity index (χ2v) is 12.2. The van der Waals surface area contributed by atoms with Gasteiger partial charge in [-0.2, -0.15) is 0 Å². The van der Waals surface area contributed by atoms with E-state index >= 15 is 0 Å². The van der Waals surface area contributed by atoms with Crippen molar-refractivity contribution < 1.29 is 0 Å². The van der Waals surface area contributed by atoms with Gasteiger partial charge in [-0.25, -0.2) is 0 Å². The summed E-state index contributed by atoms with van der Waals surface area (Å²) in [6, 6.07) is 59.5. The molecule has 1 aliphatic rings. The standard InChI is InChI=1S/C43H33N/c1-43(2)40-23-13-11-21-37(40)39-28-32-27-34(26-25-31(32)29-41(39)43)44(33-17-7-4-8-18-33)42-24-14-12-22-38(42)36-20-10-9-19-35(36)30-15-5-3-6-16-30/h3-29H,1-2H3. The topological polar surface area (TPSA) is 3.24 Å². The summed E-state index contributed by atoms with van der Waals surface area (Å²) in [6.07, 6.45) is 0. The van der Waals surface area contributed by atoms with Gasteiger partial charge in [0.1, 0.15) is 0 Å². The van der Waals surface area contributed by atoms with Crippen LogP contribution in [0, 0.1) is 0 Å². The van der Waals surface area contributed by atoms with Crippen LogP contribution in [-0.4, -0.2) is 0 Å². The number of anilines is 3. The molecule has 1 aliphatic carbocycles. The Morgan fingerprint density at radius 1 is 0.386 bits per heavy atom. The molecule has 0 fully saturated rings.